The van der Waals surface area contributed by atoms with Gasteiger partial charge in [-0.2, -0.15) is 10.1 Å². The van der Waals surface area contributed by atoms with Crippen molar-refractivity contribution >= 4 is 34.1 Å². The third kappa shape index (κ3) is 3.92. The maximum absolute atomic E-state index is 12.8. The fourth-order valence-corrected chi connectivity index (χ4v) is 3.72. The minimum Gasteiger partial charge on any atom is -0.497 e. The van der Waals surface area contributed by atoms with Gasteiger partial charge in [-0.05, 0) is 60.2 Å². The van der Waals surface area contributed by atoms with Crippen molar-refractivity contribution in [2.24, 2.45) is 0 Å². The third-order valence-corrected chi connectivity index (χ3v) is 5.61. The molecule has 0 spiro atoms. The van der Waals surface area contributed by atoms with Crippen LogP contribution in [0.5, 0.6) is 5.75 Å². The monoisotopic (exact) mass is 459 g/mol. The molecule has 2 heterocycles. The fourth-order valence-electron chi connectivity index (χ4n) is 3.60. The number of benzene rings is 3. The number of amides is 1. The first kappa shape index (κ1) is 20.7. The number of aromatic amines is 1. The smallest absolute Gasteiger partial charge is 0.281 e. The zero-order valence-corrected chi connectivity index (χ0v) is 18.3. The topological polar surface area (TPSA) is 101 Å². The van der Waals surface area contributed by atoms with E-state index in [1.54, 1.807) is 42.0 Å². The van der Waals surface area contributed by atoms with E-state index in [9.17, 15) is 9.59 Å². The van der Waals surface area contributed by atoms with Crippen molar-refractivity contribution in [3.63, 3.8) is 0 Å². The predicted octanol–water partition coefficient (Wildman–Crippen LogP) is 3.83. The summed E-state index contributed by atoms with van der Waals surface area (Å²) in [6, 6.07) is 19.4. The predicted molar refractivity (Wildman–Crippen MR) is 126 cm³/mol. The Hall–Kier alpha value is -4.17. The maximum Gasteiger partial charge on any atom is 0.281 e. The lowest BCUT2D eigenvalue weighted by atomic mass is 10.1. The molecule has 0 atom stereocenters. The number of hydrogen-bond donors (Lipinski definition) is 2. The number of nitrogens with one attached hydrogen (secondary N) is 2. The summed E-state index contributed by atoms with van der Waals surface area (Å²) in [6.07, 6.45) is 0. The van der Waals surface area contributed by atoms with Crippen LogP contribution in [-0.2, 0) is 6.54 Å². The van der Waals surface area contributed by atoms with Crippen molar-refractivity contribution in [2.75, 3.05) is 7.11 Å². The lowest BCUT2D eigenvalue weighted by Gasteiger charge is -2.07. The molecule has 0 bridgehead atoms. The Kier molecular flexibility index (Phi) is 5.27. The van der Waals surface area contributed by atoms with Gasteiger partial charge in [0, 0.05) is 22.7 Å². The molecule has 2 aromatic heterocycles. The first-order valence-electron chi connectivity index (χ1n) is 10.1. The Labute approximate surface area is 192 Å². The van der Waals surface area contributed by atoms with Gasteiger partial charge in [0.05, 0.1) is 18.0 Å². The van der Waals surface area contributed by atoms with Gasteiger partial charge in [-0.3, -0.25) is 9.59 Å². The lowest BCUT2D eigenvalue weighted by molar-refractivity contribution is 0.0951. The zero-order chi connectivity index (χ0) is 22.9. The molecule has 164 valence electrons. The van der Waals surface area contributed by atoms with Gasteiger partial charge in [0.15, 0.2) is 5.65 Å². The van der Waals surface area contributed by atoms with E-state index in [-0.39, 0.29) is 5.91 Å². The number of fused-ring (bicyclic) bond motifs is 3. The Morgan fingerprint density at radius 2 is 1.85 bits per heavy atom. The van der Waals surface area contributed by atoms with Gasteiger partial charge in [0.1, 0.15) is 11.4 Å². The van der Waals surface area contributed by atoms with Crippen LogP contribution in [0.15, 0.2) is 71.5 Å². The molecule has 0 saturated heterocycles. The summed E-state index contributed by atoms with van der Waals surface area (Å²) in [7, 11) is 1.59. The highest BCUT2D eigenvalue weighted by Crippen LogP contribution is 2.25. The van der Waals surface area contributed by atoms with Crippen LogP contribution in [0.3, 0.4) is 0 Å². The van der Waals surface area contributed by atoms with Gasteiger partial charge in [0.25, 0.3) is 11.5 Å². The highest BCUT2D eigenvalue weighted by molar-refractivity contribution is 6.30. The first-order chi connectivity index (χ1) is 16.0. The van der Waals surface area contributed by atoms with Gasteiger partial charge >= 0.3 is 0 Å². The molecule has 8 nitrogen and oxygen atoms in total. The molecule has 5 aromatic rings. The van der Waals surface area contributed by atoms with Crippen LogP contribution in [0, 0.1) is 0 Å². The van der Waals surface area contributed by atoms with Crippen molar-refractivity contribution in [2.45, 2.75) is 6.54 Å². The summed E-state index contributed by atoms with van der Waals surface area (Å²) < 4.78 is 6.80. The van der Waals surface area contributed by atoms with Crippen LogP contribution in [-0.4, -0.2) is 32.8 Å². The standard InChI is InChI=1S/C24H18ClN5O3/c1-33-18-9-4-15(5-10-18)21-22-27-24(32)19-11-6-16(12-20(19)30(22)29-28-21)23(31)26-13-14-2-7-17(25)8-3-14/h2-12,29H,13H2,1H3,(H,26,31). The van der Waals surface area contributed by atoms with Gasteiger partial charge < -0.3 is 10.1 Å². The average Bonchev–Trinajstić information content (AvgIpc) is 3.27. The van der Waals surface area contributed by atoms with E-state index < -0.39 is 5.56 Å². The Morgan fingerprint density at radius 1 is 1.09 bits per heavy atom. The first-order valence-corrected chi connectivity index (χ1v) is 10.5. The van der Waals surface area contributed by atoms with Gasteiger partial charge in [-0.15, -0.1) is 0 Å². The number of carbonyl (C=O) groups is 1. The molecule has 0 aliphatic rings. The number of ether oxygens (including phenoxy) is 1. The molecular formula is C24H18ClN5O3. The van der Waals surface area contributed by atoms with E-state index >= 15 is 0 Å². The number of methoxy groups -OCH3 is 1. The molecule has 0 aliphatic carbocycles. The van der Waals surface area contributed by atoms with E-state index in [1.807, 2.05) is 36.4 Å². The molecule has 5 rings (SSSR count). The van der Waals surface area contributed by atoms with Crippen molar-refractivity contribution in [3.8, 4) is 17.0 Å². The number of halogens is 1. The van der Waals surface area contributed by atoms with Crippen LogP contribution in [0.1, 0.15) is 15.9 Å². The van der Waals surface area contributed by atoms with Crippen LogP contribution >= 0.6 is 11.6 Å². The summed E-state index contributed by atoms with van der Waals surface area (Å²) in [6.45, 7) is 0.353. The Balaban J connectivity index is 1.51. The molecule has 1 amide bonds. The highest BCUT2D eigenvalue weighted by Gasteiger charge is 2.16. The van der Waals surface area contributed by atoms with Crippen molar-refractivity contribution < 1.29 is 9.53 Å². The SMILES string of the molecule is COc1ccc(-c2n[nH]n3c2nc(=O)c2ccc(C(=O)NCc4ccc(Cl)cc4)cc23)cc1. The molecule has 33 heavy (non-hydrogen) atoms. The second-order valence-corrected chi connectivity index (χ2v) is 7.84. The van der Waals surface area contributed by atoms with E-state index in [1.165, 1.54) is 0 Å². The number of carbonyl (C=O) groups excluding carboxylic acids is 1. The lowest BCUT2D eigenvalue weighted by Crippen LogP contribution is -2.23. The van der Waals surface area contributed by atoms with Crippen LogP contribution in [0.2, 0.25) is 5.02 Å². The zero-order valence-electron chi connectivity index (χ0n) is 17.5. The van der Waals surface area contributed by atoms with E-state index in [4.69, 9.17) is 16.3 Å². The number of aromatic nitrogens is 4. The second-order valence-electron chi connectivity index (χ2n) is 7.41. The van der Waals surface area contributed by atoms with E-state index in [2.05, 4.69) is 20.6 Å². The van der Waals surface area contributed by atoms with Crippen molar-refractivity contribution in [1.29, 1.82) is 0 Å². The summed E-state index contributed by atoms with van der Waals surface area (Å²) in [5.41, 5.74) is 3.12. The summed E-state index contributed by atoms with van der Waals surface area (Å²) in [5.74, 6) is 0.447. The molecular weight excluding hydrogens is 442 g/mol. The molecule has 9 heteroatoms. The average molecular weight is 460 g/mol. The number of nitrogens with zero attached hydrogens (tertiary/aromatic N) is 3. The number of hydrogen-bond acceptors (Lipinski definition) is 5. The van der Waals surface area contributed by atoms with Crippen LogP contribution in [0.4, 0.5) is 0 Å². The highest BCUT2D eigenvalue weighted by atomic mass is 35.5. The minimum atomic E-state index is -0.394. The molecule has 2 N–H and O–H groups in total. The van der Waals surface area contributed by atoms with Gasteiger partial charge in [-0.25, -0.2) is 9.73 Å². The van der Waals surface area contributed by atoms with Crippen LogP contribution in [0.25, 0.3) is 27.8 Å². The maximum atomic E-state index is 12.8. The Morgan fingerprint density at radius 3 is 2.58 bits per heavy atom. The third-order valence-electron chi connectivity index (χ3n) is 5.35. The minimum absolute atomic E-state index is 0.264. The largest absolute Gasteiger partial charge is 0.497 e. The number of H-pyrrole nitrogens is 1. The molecule has 0 aliphatic heterocycles. The normalized spacial score (nSPS) is 11.1. The molecule has 3 aromatic carbocycles. The van der Waals surface area contributed by atoms with Crippen molar-refractivity contribution in [3.05, 3.63) is 93.2 Å². The van der Waals surface area contributed by atoms with Gasteiger partial charge in [-0.1, -0.05) is 23.7 Å². The number of rotatable bonds is 5. The summed E-state index contributed by atoms with van der Waals surface area (Å²) >= 11 is 5.91. The van der Waals surface area contributed by atoms with Gasteiger partial charge in [0.2, 0.25) is 0 Å². The summed E-state index contributed by atoms with van der Waals surface area (Å²) in [5, 5.41) is 11.2. The quantitative estimate of drug-likeness (QED) is 0.416. The van der Waals surface area contributed by atoms with Crippen LogP contribution < -0.4 is 15.6 Å². The fraction of sp³-hybridized carbons (Fsp3) is 0.0833. The Bertz CT molecular complexity index is 1540. The summed E-state index contributed by atoms with van der Waals surface area (Å²) in [4.78, 5) is 29.7. The molecule has 0 fully saturated rings. The molecule has 0 unspecified atom stereocenters. The van der Waals surface area contributed by atoms with E-state index in [0.717, 1.165) is 11.1 Å². The van der Waals surface area contributed by atoms with Crippen molar-refractivity contribution in [1.82, 2.24) is 25.1 Å². The van der Waals surface area contributed by atoms with E-state index in [0.29, 0.717) is 45.1 Å². The second kappa shape index (κ2) is 8.40. The molecule has 0 saturated carbocycles. The molecule has 0 radical (unpaired) electrons.